The van der Waals surface area contributed by atoms with Crippen molar-refractivity contribution in [3.63, 3.8) is 0 Å². The van der Waals surface area contributed by atoms with Gasteiger partial charge in [0.05, 0.1) is 17.1 Å². The van der Waals surface area contributed by atoms with E-state index in [1.165, 1.54) is 0 Å². The number of imidazole rings is 1. The van der Waals surface area contributed by atoms with E-state index in [0.29, 0.717) is 11.6 Å². The number of hydrogen-bond donors (Lipinski definition) is 1. The van der Waals surface area contributed by atoms with E-state index in [4.69, 9.17) is 9.72 Å². The molecule has 31 heavy (non-hydrogen) atoms. The molecule has 0 aliphatic rings. The van der Waals surface area contributed by atoms with Gasteiger partial charge in [-0.3, -0.25) is 9.59 Å². The molecule has 2 aromatic carbocycles. The van der Waals surface area contributed by atoms with Gasteiger partial charge in [0.2, 0.25) is 5.91 Å². The lowest BCUT2D eigenvalue weighted by Gasteiger charge is -2.20. The Bertz CT molecular complexity index is 1020. The van der Waals surface area contributed by atoms with Crippen LogP contribution >= 0.6 is 0 Å². The van der Waals surface area contributed by atoms with Crippen molar-refractivity contribution in [2.45, 2.75) is 39.3 Å². The van der Waals surface area contributed by atoms with Crippen LogP contribution in [0, 0.1) is 0 Å². The van der Waals surface area contributed by atoms with Crippen molar-refractivity contribution in [2.75, 3.05) is 20.2 Å². The first-order chi connectivity index (χ1) is 15.0. The molecule has 1 aromatic heterocycles. The van der Waals surface area contributed by atoms with Crippen molar-refractivity contribution in [3.8, 4) is 5.75 Å². The number of nitrogens with one attached hydrogen (secondary N) is 1. The molecule has 3 aromatic rings. The predicted octanol–water partition coefficient (Wildman–Crippen LogP) is 3.55. The number of amides is 2. The summed E-state index contributed by atoms with van der Waals surface area (Å²) in [6, 6.07) is 16.5. The van der Waals surface area contributed by atoms with Gasteiger partial charge in [-0.05, 0) is 37.6 Å². The van der Waals surface area contributed by atoms with Crippen molar-refractivity contribution < 1.29 is 14.3 Å². The highest BCUT2D eigenvalue weighted by molar-refractivity contribution is 5.82. The first-order valence-corrected chi connectivity index (χ1v) is 10.7. The van der Waals surface area contributed by atoms with Crippen molar-refractivity contribution >= 4 is 22.8 Å². The molecule has 0 fully saturated rings. The Morgan fingerprint density at radius 3 is 2.58 bits per heavy atom. The third kappa shape index (κ3) is 5.84. The van der Waals surface area contributed by atoms with Crippen molar-refractivity contribution in [2.24, 2.45) is 0 Å². The molecule has 164 valence electrons. The van der Waals surface area contributed by atoms with Gasteiger partial charge in [0.1, 0.15) is 18.1 Å². The molecule has 0 saturated carbocycles. The fraction of sp³-hybridized carbons (Fsp3) is 0.375. The summed E-state index contributed by atoms with van der Waals surface area (Å²) < 4.78 is 7.42. The molecule has 1 N–H and O–H groups in total. The van der Waals surface area contributed by atoms with Crippen LogP contribution in [0.2, 0.25) is 0 Å². The fourth-order valence-electron chi connectivity index (χ4n) is 3.38. The van der Waals surface area contributed by atoms with E-state index in [0.717, 1.165) is 30.4 Å². The molecule has 1 heterocycles. The van der Waals surface area contributed by atoms with E-state index in [1.54, 1.807) is 17.0 Å². The van der Waals surface area contributed by atoms with Crippen LogP contribution in [-0.4, -0.2) is 46.5 Å². The summed E-state index contributed by atoms with van der Waals surface area (Å²) in [4.78, 5) is 31.7. The summed E-state index contributed by atoms with van der Waals surface area (Å²) in [6.07, 6.45) is 2.00. The lowest BCUT2D eigenvalue weighted by molar-refractivity contribution is -0.130. The van der Waals surface area contributed by atoms with E-state index in [9.17, 15) is 9.59 Å². The molecular formula is C24H30N4O3. The number of ether oxygens (including phenoxy) is 1. The summed E-state index contributed by atoms with van der Waals surface area (Å²) in [7, 11) is 1.82. The Kier molecular flexibility index (Phi) is 7.65. The van der Waals surface area contributed by atoms with Gasteiger partial charge in [0, 0.05) is 13.6 Å². The maximum atomic E-state index is 12.8. The second-order valence-corrected chi connectivity index (χ2v) is 7.60. The molecule has 1 unspecified atom stereocenters. The summed E-state index contributed by atoms with van der Waals surface area (Å²) in [5.41, 5.74) is 1.67. The van der Waals surface area contributed by atoms with E-state index < -0.39 is 0 Å². The van der Waals surface area contributed by atoms with Gasteiger partial charge in [-0.25, -0.2) is 4.98 Å². The topological polar surface area (TPSA) is 76.5 Å². The molecule has 0 aliphatic heterocycles. The number of carbonyl (C=O) groups excluding carboxylic acids is 2. The van der Waals surface area contributed by atoms with E-state index in [-0.39, 0.29) is 31.0 Å². The van der Waals surface area contributed by atoms with Gasteiger partial charge in [-0.2, -0.15) is 0 Å². The third-order valence-corrected chi connectivity index (χ3v) is 5.13. The minimum Gasteiger partial charge on any atom is -0.484 e. The zero-order valence-corrected chi connectivity index (χ0v) is 18.4. The van der Waals surface area contributed by atoms with Crippen LogP contribution < -0.4 is 10.1 Å². The molecule has 0 aliphatic carbocycles. The van der Waals surface area contributed by atoms with Gasteiger partial charge >= 0.3 is 0 Å². The van der Waals surface area contributed by atoms with E-state index >= 15 is 0 Å². The summed E-state index contributed by atoms with van der Waals surface area (Å²) in [5, 5.41) is 2.93. The molecule has 7 heteroatoms. The maximum Gasteiger partial charge on any atom is 0.258 e. The number of nitrogens with zero attached hydrogens (tertiary/aromatic N) is 3. The Labute approximate surface area is 183 Å². The largest absolute Gasteiger partial charge is 0.484 e. The molecule has 0 saturated heterocycles. The van der Waals surface area contributed by atoms with E-state index in [2.05, 4.69) is 12.2 Å². The maximum absolute atomic E-state index is 12.8. The van der Waals surface area contributed by atoms with Crippen LogP contribution in [0.3, 0.4) is 0 Å². The lowest BCUT2D eigenvalue weighted by atomic mass is 10.3. The third-order valence-electron chi connectivity index (χ3n) is 5.13. The summed E-state index contributed by atoms with van der Waals surface area (Å²) >= 11 is 0. The minimum absolute atomic E-state index is 0.0174. The molecule has 0 bridgehead atoms. The van der Waals surface area contributed by atoms with Crippen LogP contribution in [-0.2, 0) is 16.1 Å². The normalized spacial score (nSPS) is 11.8. The summed E-state index contributed by atoms with van der Waals surface area (Å²) in [5.74, 6) is 1.05. The van der Waals surface area contributed by atoms with Crippen LogP contribution in [0.25, 0.3) is 11.0 Å². The molecule has 1 atom stereocenters. The molecular weight excluding hydrogens is 392 g/mol. The van der Waals surface area contributed by atoms with Crippen LogP contribution in [0.15, 0.2) is 54.6 Å². The average molecular weight is 423 g/mol. The van der Waals surface area contributed by atoms with Gasteiger partial charge < -0.3 is 19.5 Å². The van der Waals surface area contributed by atoms with Crippen molar-refractivity contribution in [3.05, 3.63) is 60.4 Å². The first kappa shape index (κ1) is 22.3. The van der Waals surface area contributed by atoms with Crippen molar-refractivity contribution in [1.29, 1.82) is 0 Å². The highest BCUT2D eigenvalue weighted by Gasteiger charge is 2.21. The van der Waals surface area contributed by atoms with Gasteiger partial charge in [-0.15, -0.1) is 0 Å². The minimum atomic E-state index is -0.381. The number of para-hydroxylation sites is 3. The van der Waals surface area contributed by atoms with Gasteiger partial charge in [-0.1, -0.05) is 43.7 Å². The smallest absolute Gasteiger partial charge is 0.258 e. The molecule has 7 nitrogen and oxygen atoms in total. The Balaban J connectivity index is 1.73. The number of benzene rings is 2. The van der Waals surface area contributed by atoms with Crippen LogP contribution in [0.4, 0.5) is 0 Å². The number of rotatable bonds is 10. The fourth-order valence-corrected chi connectivity index (χ4v) is 3.38. The van der Waals surface area contributed by atoms with Gasteiger partial charge in [0.15, 0.2) is 6.61 Å². The number of carbonyl (C=O) groups is 2. The summed E-state index contributed by atoms with van der Waals surface area (Å²) in [6.45, 7) is 4.78. The standard InChI is InChI=1S/C24H30N4O3/c1-4-5-15-27(3)23(30)16-28-21-14-10-9-13-20(21)26-24(28)18(2)25-22(29)17-31-19-11-7-6-8-12-19/h6-14,18H,4-5,15-17H2,1-3H3,(H,25,29). The second-order valence-electron chi connectivity index (χ2n) is 7.60. The molecule has 0 radical (unpaired) electrons. The SMILES string of the molecule is CCCCN(C)C(=O)Cn1c(C(C)NC(=O)COc2ccccc2)nc2ccccc21. The number of aromatic nitrogens is 2. The quantitative estimate of drug-likeness (QED) is 0.542. The Morgan fingerprint density at radius 2 is 1.84 bits per heavy atom. The second kappa shape index (κ2) is 10.6. The highest BCUT2D eigenvalue weighted by atomic mass is 16.5. The zero-order valence-electron chi connectivity index (χ0n) is 18.4. The van der Waals surface area contributed by atoms with E-state index in [1.807, 2.05) is 61.0 Å². The van der Waals surface area contributed by atoms with Crippen LogP contribution in [0.1, 0.15) is 38.6 Å². The monoisotopic (exact) mass is 422 g/mol. The van der Waals surface area contributed by atoms with Crippen molar-refractivity contribution in [1.82, 2.24) is 19.8 Å². The number of unbranched alkanes of at least 4 members (excludes halogenated alkanes) is 1. The highest BCUT2D eigenvalue weighted by Crippen LogP contribution is 2.21. The Hall–Kier alpha value is -3.35. The zero-order chi connectivity index (χ0) is 22.2. The number of hydrogen-bond acceptors (Lipinski definition) is 4. The van der Waals surface area contributed by atoms with Gasteiger partial charge in [0.25, 0.3) is 5.91 Å². The number of likely N-dealkylation sites (N-methyl/N-ethyl adjacent to an activating group) is 1. The predicted molar refractivity (Wildman–Crippen MR) is 121 cm³/mol. The molecule has 2 amide bonds. The lowest BCUT2D eigenvalue weighted by Crippen LogP contribution is -2.35. The Morgan fingerprint density at radius 1 is 1.13 bits per heavy atom. The van der Waals surface area contributed by atoms with Crippen LogP contribution in [0.5, 0.6) is 5.75 Å². The first-order valence-electron chi connectivity index (χ1n) is 10.7. The molecule has 3 rings (SSSR count). The average Bonchev–Trinajstić information content (AvgIpc) is 3.15. The number of fused-ring (bicyclic) bond motifs is 1. The molecule has 0 spiro atoms.